The molecule has 22 heavy (non-hydrogen) atoms. The number of hydrogen-bond donors (Lipinski definition) is 0. The Morgan fingerprint density at radius 3 is 2.14 bits per heavy atom. The van der Waals surface area contributed by atoms with E-state index in [0.717, 1.165) is 10.4 Å². The van der Waals surface area contributed by atoms with Crippen LogP contribution in [0.15, 0.2) is 66.0 Å². The fourth-order valence-electron chi connectivity index (χ4n) is 2.66. The van der Waals surface area contributed by atoms with Gasteiger partial charge in [0.2, 0.25) is 0 Å². The van der Waals surface area contributed by atoms with Crippen LogP contribution in [0.5, 0.6) is 0 Å². The number of rotatable bonds is 2. The number of benzene rings is 2. The van der Waals surface area contributed by atoms with Crippen molar-refractivity contribution in [3.63, 3.8) is 0 Å². The average Bonchev–Trinajstić information content (AvgIpc) is 3.17. The van der Waals surface area contributed by atoms with E-state index >= 15 is 0 Å². The van der Waals surface area contributed by atoms with Crippen LogP contribution in [0, 0.1) is 0 Å². The minimum Gasteiger partial charge on any atom is -0.268 e. The van der Waals surface area contributed by atoms with Gasteiger partial charge in [-0.3, -0.25) is 9.59 Å². The van der Waals surface area contributed by atoms with Crippen molar-refractivity contribution in [2.75, 3.05) is 4.90 Å². The molecule has 2 amide bonds. The average molecular weight is 305 g/mol. The molecule has 0 saturated heterocycles. The van der Waals surface area contributed by atoms with Gasteiger partial charge in [-0.25, -0.2) is 4.90 Å². The molecule has 0 N–H and O–H groups in total. The summed E-state index contributed by atoms with van der Waals surface area (Å²) in [5.41, 5.74) is 2.55. The van der Waals surface area contributed by atoms with Crippen LogP contribution in [0.4, 0.5) is 5.69 Å². The fraction of sp³-hybridized carbons (Fsp3) is 0. The van der Waals surface area contributed by atoms with Gasteiger partial charge in [-0.1, -0.05) is 30.3 Å². The van der Waals surface area contributed by atoms with Crippen LogP contribution < -0.4 is 4.90 Å². The summed E-state index contributed by atoms with van der Waals surface area (Å²) in [7, 11) is 0. The number of nitrogens with zero attached hydrogens (tertiary/aromatic N) is 1. The van der Waals surface area contributed by atoms with Crippen molar-refractivity contribution >= 4 is 28.8 Å². The number of imide groups is 1. The van der Waals surface area contributed by atoms with Gasteiger partial charge < -0.3 is 0 Å². The van der Waals surface area contributed by atoms with Gasteiger partial charge in [0.25, 0.3) is 11.8 Å². The summed E-state index contributed by atoms with van der Waals surface area (Å²) in [6, 6.07) is 18.5. The smallest absolute Gasteiger partial charge is 0.266 e. The Bertz CT molecular complexity index is 849. The van der Waals surface area contributed by atoms with Crippen LogP contribution >= 0.6 is 11.3 Å². The molecular formula is C18H11NO2S. The third kappa shape index (κ3) is 1.89. The van der Waals surface area contributed by atoms with E-state index in [1.165, 1.54) is 4.90 Å². The van der Waals surface area contributed by atoms with Crippen LogP contribution in [0.1, 0.15) is 20.7 Å². The van der Waals surface area contributed by atoms with Crippen LogP contribution in [-0.2, 0) is 0 Å². The van der Waals surface area contributed by atoms with E-state index in [4.69, 9.17) is 0 Å². The predicted octanol–water partition coefficient (Wildman–Crippen LogP) is 4.22. The quantitative estimate of drug-likeness (QED) is 0.665. The Hall–Kier alpha value is -2.72. The first kappa shape index (κ1) is 13.0. The first-order valence-corrected chi connectivity index (χ1v) is 7.75. The molecule has 2 heterocycles. The Labute approximate surface area is 131 Å². The third-order valence-corrected chi connectivity index (χ3v) is 4.62. The van der Waals surface area contributed by atoms with Crippen molar-refractivity contribution in [3.05, 3.63) is 77.2 Å². The molecular weight excluding hydrogens is 294 g/mol. The van der Waals surface area contributed by atoms with Crippen molar-refractivity contribution in [1.29, 1.82) is 0 Å². The second-order valence-corrected chi connectivity index (χ2v) is 5.97. The summed E-state index contributed by atoms with van der Waals surface area (Å²) in [6.45, 7) is 0. The molecule has 1 aliphatic rings. The number of amides is 2. The number of carbonyl (C=O) groups excluding carboxylic acids is 2. The molecule has 0 radical (unpaired) electrons. The highest BCUT2D eigenvalue weighted by Crippen LogP contribution is 2.32. The second-order valence-electron chi connectivity index (χ2n) is 5.02. The summed E-state index contributed by atoms with van der Waals surface area (Å²) >= 11 is 1.63. The molecule has 0 saturated carbocycles. The number of thiophene rings is 1. The highest BCUT2D eigenvalue weighted by atomic mass is 32.1. The van der Waals surface area contributed by atoms with E-state index in [-0.39, 0.29) is 11.8 Å². The van der Waals surface area contributed by atoms with Crippen LogP contribution in [0.25, 0.3) is 10.4 Å². The molecule has 106 valence electrons. The van der Waals surface area contributed by atoms with Gasteiger partial charge in [0.05, 0.1) is 16.8 Å². The molecule has 0 atom stereocenters. The number of carbonyl (C=O) groups is 2. The molecule has 4 heteroatoms. The standard InChI is InChI=1S/C18H11NO2S/c20-17-14-7-1-2-8-15(14)18(21)19(17)13-6-3-5-12(11-13)16-9-4-10-22-16/h1-11H. The lowest BCUT2D eigenvalue weighted by Gasteiger charge is -2.14. The topological polar surface area (TPSA) is 37.4 Å². The van der Waals surface area contributed by atoms with E-state index in [1.54, 1.807) is 41.7 Å². The molecule has 0 spiro atoms. The van der Waals surface area contributed by atoms with Gasteiger partial charge in [0.15, 0.2) is 0 Å². The maximum atomic E-state index is 12.5. The van der Waals surface area contributed by atoms with Crippen LogP contribution in [0.3, 0.4) is 0 Å². The number of fused-ring (bicyclic) bond motifs is 1. The summed E-state index contributed by atoms with van der Waals surface area (Å²) in [5.74, 6) is -0.521. The number of hydrogen-bond acceptors (Lipinski definition) is 3. The minimum atomic E-state index is -0.260. The maximum Gasteiger partial charge on any atom is 0.266 e. The Balaban J connectivity index is 1.79. The second kappa shape index (κ2) is 4.93. The van der Waals surface area contributed by atoms with Crippen molar-refractivity contribution in [1.82, 2.24) is 0 Å². The fourth-order valence-corrected chi connectivity index (χ4v) is 3.39. The largest absolute Gasteiger partial charge is 0.268 e. The first-order chi connectivity index (χ1) is 10.8. The maximum absolute atomic E-state index is 12.5. The molecule has 0 aliphatic carbocycles. The summed E-state index contributed by atoms with van der Waals surface area (Å²) in [5, 5.41) is 2.00. The van der Waals surface area contributed by atoms with E-state index < -0.39 is 0 Å². The molecule has 2 aromatic carbocycles. The Morgan fingerprint density at radius 2 is 1.50 bits per heavy atom. The van der Waals surface area contributed by atoms with Crippen LogP contribution in [-0.4, -0.2) is 11.8 Å². The van der Waals surface area contributed by atoms with Gasteiger partial charge in [0.1, 0.15) is 0 Å². The van der Waals surface area contributed by atoms with Crippen molar-refractivity contribution < 1.29 is 9.59 Å². The van der Waals surface area contributed by atoms with Gasteiger partial charge in [-0.15, -0.1) is 11.3 Å². The zero-order valence-corrected chi connectivity index (χ0v) is 12.3. The molecule has 1 aliphatic heterocycles. The van der Waals surface area contributed by atoms with E-state index in [2.05, 4.69) is 0 Å². The molecule has 3 aromatic rings. The van der Waals surface area contributed by atoms with Crippen LogP contribution in [0.2, 0.25) is 0 Å². The zero-order chi connectivity index (χ0) is 15.1. The molecule has 0 fully saturated rings. The highest BCUT2D eigenvalue weighted by molar-refractivity contribution is 7.13. The van der Waals surface area contributed by atoms with Gasteiger partial charge in [-0.05, 0) is 41.3 Å². The highest BCUT2D eigenvalue weighted by Gasteiger charge is 2.36. The van der Waals surface area contributed by atoms with Crippen molar-refractivity contribution in [3.8, 4) is 10.4 Å². The third-order valence-electron chi connectivity index (χ3n) is 3.70. The van der Waals surface area contributed by atoms with Crippen molar-refractivity contribution in [2.45, 2.75) is 0 Å². The lowest BCUT2D eigenvalue weighted by Crippen LogP contribution is -2.29. The zero-order valence-electron chi connectivity index (χ0n) is 11.5. The lowest BCUT2D eigenvalue weighted by atomic mass is 10.1. The first-order valence-electron chi connectivity index (χ1n) is 6.87. The summed E-state index contributed by atoms with van der Waals surface area (Å²) in [6.07, 6.45) is 0. The summed E-state index contributed by atoms with van der Waals surface area (Å²) < 4.78 is 0. The monoisotopic (exact) mass is 305 g/mol. The molecule has 1 aromatic heterocycles. The molecule has 0 unspecified atom stereocenters. The lowest BCUT2D eigenvalue weighted by molar-refractivity contribution is 0.0926. The Morgan fingerprint density at radius 1 is 0.773 bits per heavy atom. The molecule has 0 bridgehead atoms. The minimum absolute atomic E-state index is 0.260. The van der Waals surface area contributed by atoms with Crippen molar-refractivity contribution in [2.24, 2.45) is 0 Å². The van der Waals surface area contributed by atoms with E-state index in [9.17, 15) is 9.59 Å². The summed E-state index contributed by atoms with van der Waals surface area (Å²) in [4.78, 5) is 27.4. The molecule has 3 nitrogen and oxygen atoms in total. The van der Waals surface area contributed by atoms with E-state index in [1.807, 2.05) is 35.7 Å². The SMILES string of the molecule is O=C1c2ccccc2C(=O)N1c1cccc(-c2cccs2)c1. The van der Waals surface area contributed by atoms with Gasteiger partial charge in [0, 0.05) is 4.88 Å². The predicted molar refractivity (Wildman–Crippen MR) is 87.3 cm³/mol. The number of anilines is 1. The normalized spacial score (nSPS) is 13.5. The molecule has 4 rings (SSSR count). The van der Waals surface area contributed by atoms with Gasteiger partial charge >= 0.3 is 0 Å². The Kier molecular flexibility index (Phi) is 2.91. The van der Waals surface area contributed by atoms with Gasteiger partial charge in [-0.2, -0.15) is 0 Å². The van der Waals surface area contributed by atoms with E-state index in [0.29, 0.717) is 16.8 Å².